The number of amides is 1. The van der Waals surface area contributed by atoms with Crippen LogP contribution in [-0.2, 0) is 11.3 Å². The van der Waals surface area contributed by atoms with Crippen molar-refractivity contribution in [2.75, 3.05) is 13.1 Å². The van der Waals surface area contributed by atoms with Gasteiger partial charge < -0.3 is 20.3 Å². The summed E-state index contributed by atoms with van der Waals surface area (Å²) in [7, 11) is 0. The number of nitrogens with zero attached hydrogens (tertiary/aromatic N) is 2. The number of piperidine rings is 1. The van der Waals surface area contributed by atoms with E-state index >= 15 is 0 Å². The van der Waals surface area contributed by atoms with Gasteiger partial charge in [0.05, 0.1) is 5.56 Å². The van der Waals surface area contributed by atoms with E-state index in [0.717, 1.165) is 42.4 Å². The molecule has 1 saturated heterocycles. The van der Waals surface area contributed by atoms with Crippen molar-refractivity contribution < 1.29 is 27.9 Å². The van der Waals surface area contributed by atoms with Crippen LogP contribution in [0.5, 0.6) is 0 Å². The molecule has 1 aliphatic rings. The number of carboxylic acid groups (broad SMARTS) is 1. The van der Waals surface area contributed by atoms with Gasteiger partial charge in [0.25, 0.3) is 5.91 Å². The number of nitrogens with two attached hydrogens (primary N) is 1. The van der Waals surface area contributed by atoms with Gasteiger partial charge in [0.2, 0.25) is 0 Å². The Morgan fingerprint density at radius 1 is 1.09 bits per heavy atom. The van der Waals surface area contributed by atoms with Crippen LogP contribution in [-0.4, -0.2) is 45.7 Å². The lowest BCUT2D eigenvalue weighted by Gasteiger charge is -2.32. The van der Waals surface area contributed by atoms with Crippen LogP contribution in [0.4, 0.5) is 13.2 Å². The molecule has 3 N–H and O–H groups in total. The van der Waals surface area contributed by atoms with Gasteiger partial charge in [-0.2, -0.15) is 13.2 Å². The van der Waals surface area contributed by atoms with Crippen molar-refractivity contribution in [3.63, 3.8) is 0 Å². The fourth-order valence-electron chi connectivity index (χ4n) is 4.36. The summed E-state index contributed by atoms with van der Waals surface area (Å²) in [6.45, 7) is 6.49. The van der Waals surface area contributed by atoms with Gasteiger partial charge in [-0.3, -0.25) is 4.79 Å². The Morgan fingerprint density at radius 2 is 1.71 bits per heavy atom. The summed E-state index contributed by atoms with van der Waals surface area (Å²) in [4.78, 5) is 24.2. The quantitative estimate of drug-likeness (QED) is 0.518. The van der Waals surface area contributed by atoms with E-state index in [1.807, 2.05) is 23.2 Å². The fourth-order valence-corrected chi connectivity index (χ4v) is 4.36. The van der Waals surface area contributed by atoms with E-state index in [0.29, 0.717) is 18.5 Å². The van der Waals surface area contributed by atoms with Crippen LogP contribution in [0.25, 0.3) is 10.9 Å². The van der Waals surface area contributed by atoms with Crippen molar-refractivity contribution in [2.45, 2.75) is 51.4 Å². The lowest BCUT2D eigenvalue weighted by atomic mass is 9.88. The number of carbonyl (C=O) groups is 2. The molecule has 1 fully saturated rings. The highest BCUT2D eigenvalue weighted by molar-refractivity contribution is 6.07. The van der Waals surface area contributed by atoms with Crippen LogP contribution in [0.2, 0.25) is 0 Å². The minimum absolute atomic E-state index is 0.157. The first-order chi connectivity index (χ1) is 16.5. The van der Waals surface area contributed by atoms with Crippen molar-refractivity contribution in [2.24, 2.45) is 5.73 Å². The van der Waals surface area contributed by atoms with E-state index in [2.05, 4.69) is 54.8 Å². The number of aliphatic carboxylic acids is 1. The number of hydrogen-bond acceptors (Lipinski definition) is 3. The Morgan fingerprint density at radius 3 is 2.29 bits per heavy atom. The molecule has 0 atom stereocenters. The van der Waals surface area contributed by atoms with Crippen LogP contribution in [0.1, 0.15) is 60.1 Å². The van der Waals surface area contributed by atoms with Gasteiger partial charge in [0, 0.05) is 42.8 Å². The predicted molar refractivity (Wildman–Crippen MR) is 128 cm³/mol. The van der Waals surface area contributed by atoms with E-state index in [1.165, 1.54) is 11.1 Å². The molecule has 4 rings (SSSR count). The number of aromatic nitrogens is 1. The molecular formula is C26H30F3N3O3. The van der Waals surface area contributed by atoms with Crippen molar-refractivity contribution in [3.8, 4) is 0 Å². The van der Waals surface area contributed by atoms with E-state index in [-0.39, 0.29) is 5.91 Å². The average Bonchev–Trinajstić information content (AvgIpc) is 3.24. The number of benzene rings is 2. The molecule has 0 saturated carbocycles. The zero-order valence-electron chi connectivity index (χ0n) is 19.8. The van der Waals surface area contributed by atoms with E-state index in [1.54, 1.807) is 0 Å². The molecule has 9 heteroatoms. The monoisotopic (exact) mass is 489 g/mol. The van der Waals surface area contributed by atoms with E-state index in [4.69, 9.17) is 15.6 Å². The molecule has 188 valence electrons. The third kappa shape index (κ3) is 6.22. The number of halogens is 3. The summed E-state index contributed by atoms with van der Waals surface area (Å²) >= 11 is 0. The maximum Gasteiger partial charge on any atom is 0.490 e. The van der Waals surface area contributed by atoms with Gasteiger partial charge >= 0.3 is 12.1 Å². The molecule has 0 radical (unpaired) electrons. The van der Waals surface area contributed by atoms with Gasteiger partial charge in [0.1, 0.15) is 0 Å². The van der Waals surface area contributed by atoms with E-state index in [9.17, 15) is 18.0 Å². The number of carboxylic acids is 1. The zero-order valence-corrected chi connectivity index (χ0v) is 19.8. The van der Waals surface area contributed by atoms with Crippen LogP contribution in [0, 0.1) is 0 Å². The molecule has 1 amide bonds. The average molecular weight is 490 g/mol. The molecular weight excluding hydrogens is 459 g/mol. The molecule has 6 nitrogen and oxygen atoms in total. The number of rotatable bonds is 4. The Hall–Kier alpha value is -3.33. The number of carbonyl (C=O) groups excluding carboxylic acids is 1. The van der Waals surface area contributed by atoms with Crippen LogP contribution >= 0.6 is 0 Å². The minimum atomic E-state index is -5.08. The van der Waals surface area contributed by atoms with Crippen molar-refractivity contribution in [1.82, 2.24) is 9.47 Å². The molecule has 0 spiro atoms. The fraction of sp³-hybridized carbons (Fsp3) is 0.385. The highest BCUT2D eigenvalue weighted by Gasteiger charge is 2.38. The summed E-state index contributed by atoms with van der Waals surface area (Å²) in [5, 5.41) is 8.18. The predicted octanol–water partition coefficient (Wildman–Crippen LogP) is 5.33. The maximum absolute atomic E-state index is 13.3. The SMILES string of the molecule is CC(C)n1cc(C(=O)N2CCC(c3cccc(CN)c3)CC2)c2ccccc21.O=C(O)C(F)(F)F. The molecule has 3 aromatic rings. The zero-order chi connectivity index (χ0) is 25.8. The minimum Gasteiger partial charge on any atom is -0.475 e. The van der Waals surface area contributed by atoms with Crippen LogP contribution in [0.3, 0.4) is 0 Å². The van der Waals surface area contributed by atoms with Gasteiger partial charge in [-0.1, -0.05) is 42.5 Å². The lowest BCUT2D eigenvalue weighted by Crippen LogP contribution is -2.37. The normalized spacial score (nSPS) is 14.7. The molecule has 35 heavy (non-hydrogen) atoms. The third-order valence-corrected chi connectivity index (χ3v) is 6.21. The molecule has 0 bridgehead atoms. The first-order valence-electron chi connectivity index (χ1n) is 11.5. The Balaban J connectivity index is 0.000000429. The number of para-hydroxylation sites is 1. The Labute approximate surface area is 202 Å². The summed E-state index contributed by atoms with van der Waals surface area (Å²) in [5.41, 5.74) is 10.3. The second-order valence-electron chi connectivity index (χ2n) is 8.88. The first kappa shape index (κ1) is 26.3. The van der Waals surface area contributed by atoms with Crippen molar-refractivity contribution in [1.29, 1.82) is 0 Å². The number of fused-ring (bicyclic) bond motifs is 1. The molecule has 1 aliphatic heterocycles. The Bertz CT molecular complexity index is 1180. The van der Waals surface area contributed by atoms with Gasteiger partial charge in [-0.25, -0.2) is 4.79 Å². The largest absolute Gasteiger partial charge is 0.490 e. The maximum atomic E-state index is 13.3. The molecule has 2 aromatic carbocycles. The summed E-state index contributed by atoms with van der Waals surface area (Å²) in [6.07, 6.45) is -1.04. The smallest absolute Gasteiger partial charge is 0.475 e. The van der Waals surface area contributed by atoms with Gasteiger partial charge in [0.15, 0.2) is 0 Å². The lowest BCUT2D eigenvalue weighted by molar-refractivity contribution is -0.192. The molecule has 2 heterocycles. The highest BCUT2D eigenvalue weighted by atomic mass is 19.4. The van der Waals surface area contributed by atoms with Crippen molar-refractivity contribution in [3.05, 3.63) is 71.4 Å². The summed E-state index contributed by atoms with van der Waals surface area (Å²) < 4.78 is 33.9. The van der Waals surface area contributed by atoms with Crippen LogP contribution in [0.15, 0.2) is 54.7 Å². The topological polar surface area (TPSA) is 88.6 Å². The number of likely N-dealkylation sites (tertiary alicyclic amines) is 1. The van der Waals surface area contributed by atoms with Gasteiger partial charge in [-0.05, 0) is 49.8 Å². The number of hydrogen-bond donors (Lipinski definition) is 2. The first-order valence-corrected chi connectivity index (χ1v) is 11.5. The molecule has 1 aromatic heterocycles. The van der Waals surface area contributed by atoms with Gasteiger partial charge in [-0.15, -0.1) is 0 Å². The highest BCUT2D eigenvalue weighted by Crippen LogP contribution is 2.31. The number of alkyl halides is 3. The molecule has 0 unspecified atom stereocenters. The second-order valence-corrected chi connectivity index (χ2v) is 8.88. The third-order valence-electron chi connectivity index (χ3n) is 6.21. The molecule has 0 aliphatic carbocycles. The summed E-state index contributed by atoms with van der Waals surface area (Å²) in [5.74, 6) is -2.09. The van der Waals surface area contributed by atoms with Crippen LogP contribution < -0.4 is 5.73 Å². The van der Waals surface area contributed by atoms with E-state index < -0.39 is 12.1 Å². The standard InChI is InChI=1S/C24H29N3O.C2HF3O2/c1-17(2)27-16-22(21-8-3-4-9-23(21)27)24(28)26-12-10-19(11-13-26)20-7-5-6-18(14-20)15-25;3-2(4,5)1(6)7/h3-9,14,16-17,19H,10-13,15,25H2,1-2H3;(H,6,7). The Kier molecular flexibility index (Phi) is 8.22. The second kappa shape index (κ2) is 10.9. The summed E-state index contributed by atoms with van der Waals surface area (Å²) in [6, 6.07) is 17.1. The van der Waals surface area contributed by atoms with Crippen molar-refractivity contribution >= 4 is 22.8 Å².